The van der Waals surface area contributed by atoms with Gasteiger partial charge in [-0.2, -0.15) is 0 Å². The summed E-state index contributed by atoms with van der Waals surface area (Å²) in [4.78, 5) is 24.6. The van der Waals surface area contributed by atoms with Gasteiger partial charge in [0.25, 0.3) is 0 Å². The first-order valence-corrected chi connectivity index (χ1v) is 8.03. The van der Waals surface area contributed by atoms with Crippen LogP contribution in [0.3, 0.4) is 0 Å². The van der Waals surface area contributed by atoms with Crippen molar-refractivity contribution in [2.75, 3.05) is 14.2 Å². The van der Waals surface area contributed by atoms with Crippen molar-refractivity contribution < 1.29 is 38.7 Å². The van der Waals surface area contributed by atoms with Crippen LogP contribution in [-0.4, -0.2) is 42.3 Å². The molecule has 0 spiro atoms. The summed E-state index contributed by atoms with van der Waals surface area (Å²) in [5.41, 5.74) is 0.0534. The van der Waals surface area contributed by atoms with Crippen LogP contribution < -0.4 is 14.2 Å². The molecule has 0 fully saturated rings. The predicted molar refractivity (Wildman–Crippen MR) is 92.6 cm³/mol. The zero-order valence-electron chi connectivity index (χ0n) is 14.9. The SMILES string of the molecule is COc1cc(O)c2c(c1OC)O[C@@H](c1ccccc1O)[C@@H](OC(C)=O)C2=O. The molecule has 2 aromatic rings. The Kier molecular flexibility index (Phi) is 4.81. The number of fused-ring (bicyclic) bond motifs is 1. The molecule has 0 aromatic heterocycles. The Morgan fingerprint density at radius 1 is 1.11 bits per heavy atom. The maximum atomic E-state index is 13.0. The molecule has 8 nitrogen and oxygen atoms in total. The molecule has 0 radical (unpaired) electrons. The predicted octanol–water partition coefficient (Wildman–Crippen LogP) is 2.36. The molecule has 3 rings (SSSR count). The molecule has 2 atom stereocenters. The van der Waals surface area contributed by atoms with E-state index in [0.29, 0.717) is 0 Å². The van der Waals surface area contributed by atoms with Gasteiger partial charge < -0.3 is 29.2 Å². The smallest absolute Gasteiger partial charge is 0.303 e. The highest BCUT2D eigenvalue weighted by Crippen LogP contribution is 2.51. The molecule has 1 aliphatic heterocycles. The van der Waals surface area contributed by atoms with Gasteiger partial charge in [0.1, 0.15) is 17.1 Å². The van der Waals surface area contributed by atoms with Crippen LogP contribution in [0.25, 0.3) is 0 Å². The number of ketones is 1. The highest BCUT2D eigenvalue weighted by atomic mass is 16.6. The third-order valence-corrected chi connectivity index (χ3v) is 4.17. The summed E-state index contributed by atoms with van der Waals surface area (Å²) >= 11 is 0. The number of carbonyl (C=O) groups excluding carboxylic acids is 2. The Bertz CT molecular complexity index is 905. The van der Waals surface area contributed by atoms with E-state index in [1.54, 1.807) is 18.2 Å². The van der Waals surface area contributed by atoms with Crippen molar-refractivity contribution in [3.05, 3.63) is 41.5 Å². The average molecular weight is 374 g/mol. The lowest BCUT2D eigenvalue weighted by molar-refractivity contribution is -0.149. The zero-order chi connectivity index (χ0) is 19.7. The van der Waals surface area contributed by atoms with Gasteiger partial charge in [-0.15, -0.1) is 0 Å². The van der Waals surface area contributed by atoms with Crippen molar-refractivity contribution >= 4 is 11.8 Å². The first kappa shape index (κ1) is 18.4. The second-order valence-corrected chi connectivity index (χ2v) is 5.83. The van der Waals surface area contributed by atoms with Gasteiger partial charge >= 0.3 is 5.97 Å². The summed E-state index contributed by atoms with van der Waals surface area (Å²) < 4.78 is 21.5. The Hall–Kier alpha value is -3.42. The van der Waals surface area contributed by atoms with Gasteiger partial charge in [-0.05, 0) is 6.07 Å². The minimum absolute atomic E-state index is 0.0593. The Balaban J connectivity index is 2.23. The number of esters is 1. The van der Waals surface area contributed by atoms with E-state index in [4.69, 9.17) is 18.9 Å². The second-order valence-electron chi connectivity index (χ2n) is 5.83. The molecule has 0 amide bonds. The maximum absolute atomic E-state index is 13.0. The van der Waals surface area contributed by atoms with Crippen LogP contribution in [0.5, 0.6) is 28.7 Å². The molecule has 1 heterocycles. The van der Waals surface area contributed by atoms with E-state index in [0.717, 1.165) is 6.92 Å². The number of hydrogen-bond donors (Lipinski definition) is 2. The van der Waals surface area contributed by atoms with Gasteiger partial charge in [-0.25, -0.2) is 0 Å². The number of ether oxygens (including phenoxy) is 4. The first-order chi connectivity index (χ1) is 12.9. The maximum Gasteiger partial charge on any atom is 0.303 e. The van der Waals surface area contributed by atoms with Crippen molar-refractivity contribution in [1.29, 1.82) is 0 Å². The molecule has 27 heavy (non-hydrogen) atoms. The van der Waals surface area contributed by atoms with Crippen molar-refractivity contribution in [2.24, 2.45) is 0 Å². The van der Waals surface area contributed by atoms with E-state index in [9.17, 15) is 19.8 Å². The molecule has 2 aromatic carbocycles. The van der Waals surface area contributed by atoms with Crippen molar-refractivity contribution in [2.45, 2.75) is 19.1 Å². The van der Waals surface area contributed by atoms with E-state index in [-0.39, 0.29) is 34.1 Å². The average Bonchev–Trinajstić information content (AvgIpc) is 2.63. The number of rotatable bonds is 4. The van der Waals surface area contributed by atoms with Crippen LogP contribution in [0.1, 0.15) is 28.9 Å². The van der Waals surface area contributed by atoms with E-state index >= 15 is 0 Å². The summed E-state index contributed by atoms with van der Waals surface area (Å²) in [5, 5.41) is 20.5. The number of phenols is 2. The van der Waals surface area contributed by atoms with Crippen LogP contribution in [-0.2, 0) is 9.53 Å². The number of phenolic OH excluding ortho intramolecular Hbond substituents is 2. The van der Waals surface area contributed by atoms with Gasteiger partial charge in [-0.3, -0.25) is 9.59 Å². The molecule has 2 N–H and O–H groups in total. The zero-order valence-corrected chi connectivity index (χ0v) is 14.9. The minimum Gasteiger partial charge on any atom is -0.508 e. The lowest BCUT2D eigenvalue weighted by Crippen LogP contribution is -2.39. The minimum atomic E-state index is -1.40. The van der Waals surface area contributed by atoms with E-state index < -0.39 is 29.7 Å². The molecule has 8 heteroatoms. The number of benzene rings is 2. The van der Waals surface area contributed by atoms with E-state index in [2.05, 4.69) is 0 Å². The molecule has 0 unspecified atom stereocenters. The topological polar surface area (TPSA) is 112 Å². The number of carbonyl (C=O) groups is 2. The number of para-hydroxylation sites is 1. The molecular formula is C19H18O8. The summed E-state index contributed by atoms with van der Waals surface area (Å²) in [6.07, 6.45) is -2.54. The van der Waals surface area contributed by atoms with E-state index in [1.165, 1.54) is 26.4 Å². The normalized spacial score (nSPS) is 18.3. The summed E-state index contributed by atoms with van der Waals surface area (Å²) in [6.45, 7) is 1.15. The van der Waals surface area contributed by atoms with Crippen molar-refractivity contribution in [3.63, 3.8) is 0 Å². The van der Waals surface area contributed by atoms with E-state index in [1.807, 2.05) is 0 Å². The third kappa shape index (κ3) is 3.10. The summed E-state index contributed by atoms with van der Waals surface area (Å²) in [5.74, 6) is -1.73. The van der Waals surface area contributed by atoms with Crippen LogP contribution in [0.15, 0.2) is 30.3 Å². The number of Topliss-reactive ketones (excluding diaryl/α,β-unsaturated/α-hetero) is 1. The fourth-order valence-electron chi connectivity index (χ4n) is 3.02. The molecule has 0 bridgehead atoms. The van der Waals surface area contributed by atoms with Crippen LogP contribution in [0.4, 0.5) is 0 Å². The number of methoxy groups -OCH3 is 2. The highest BCUT2D eigenvalue weighted by molar-refractivity contribution is 6.07. The molecule has 0 saturated carbocycles. The lowest BCUT2D eigenvalue weighted by Gasteiger charge is -2.33. The Morgan fingerprint density at radius 2 is 1.81 bits per heavy atom. The number of aromatic hydroxyl groups is 2. The van der Waals surface area contributed by atoms with Gasteiger partial charge in [0.15, 0.2) is 17.6 Å². The van der Waals surface area contributed by atoms with Gasteiger partial charge in [0.05, 0.1) is 14.2 Å². The molecule has 1 aliphatic rings. The highest BCUT2D eigenvalue weighted by Gasteiger charge is 2.45. The molecular weight excluding hydrogens is 356 g/mol. The van der Waals surface area contributed by atoms with Gasteiger partial charge in [0, 0.05) is 18.6 Å². The molecule has 142 valence electrons. The summed E-state index contributed by atoms with van der Waals surface area (Å²) in [6, 6.07) is 7.42. The largest absolute Gasteiger partial charge is 0.508 e. The van der Waals surface area contributed by atoms with Crippen LogP contribution in [0.2, 0.25) is 0 Å². The third-order valence-electron chi connectivity index (χ3n) is 4.17. The second kappa shape index (κ2) is 7.06. The number of hydrogen-bond acceptors (Lipinski definition) is 8. The Labute approximate surface area is 154 Å². The fraction of sp³-hybridized carbons (Fsp3) is 0.263. The summed E-state index contributed by atoms with van der Waals surface area (Å²) in [7, 11) is 2.73. The molecule has 0 aliphatic carbocycles. The standard InChI is InChI=1S/C19H18O8/c1-9(20)26-19-15(23)14-12(22)8-13(24-2)17(25-3)18(14)27-16(19)10-6-4-5-7-11(10)21/h4-8,16,19,21-22H,1-3H3/t16-,19-/m0/s1. The van der Waals surface area contributed by atoms with Gasteiger partial charge in [-0.1, -0.05) is 18.2 Å². The van der Waals surface area contributed by atoms with Gasteiger partial charge in [0.2, 0.25) is 17.6 Å². The lowest BCUT2D eigenvalue weighted by atomic mass is 9.91. The first-order valence-electron chi connectivity index (χ1n) is 8.03. The molecule has 0 saturated heterocycles. The van der Waals surface area contributed by atoms with Crippen LogP contribution in [0, 0.1) is 0 Å². The Morgan fingerprint density at radius 3 is 2.41 bits per heavy atom. The van der Waals surface area contributed by atoms with Crippen LogP contribution >= 0.6 is 0 Å². The fourth-order valence-corrected chi connectivity index (χ4v) is 3.02. The van der Waals surface area contributed by atoms with Crippen molar-refractivity contribution in [1.82, 2.24) is 0 Å². The monoisotopic (exact) mass is 374 g/mol. The quantitative estimate of drug-likeness (QED) is 0.785. The van der Waals surface area contributed by atoms with Crippen molar-refractivity contribution in [3.8, 4) is 28.7 Å².